The molecular formula is C7H16OSi. The molecule has 1 N–H and O–H groups in total. The van der Waals surface area contributed by atoms with Crippen molar-refractivity contribution in [3.63, 3.8) is 0 Å². The molecule has 54 valence electrons. The summed E-state index contributed by atoms with van der Waals surface area (Å²) in [4.78, 5) is 8.90. The van der Waals surface area contributed by atoms with Crippen LogP contribution in [0, 0.1) is 0 Å². The lowest BCUT2D eigenvalue weighted by molar-refractivity contribution is 0.592. The van der Waals surface area contributed by atoms with Crippen molar-refractivity contribution in [3.8, 4) is 0 Å². The molecule has 0 heterocycles. The maximum atomic E-state index is 8.90. The van der Waals surface area contributed by atoms with E-state index in [0.29, 0.717) is 0 Å². The van der Waals surface area contributed by atoms with Crippen molar-refractivity contribution >= 4 is 9.04 Å². The highest BCUT2D eigenvalue weighted by atomic mass is 28.3. The largest absolute Gasteiger partial charge is 0.431 e. The van der Waals surface area contributed by atoms with Crippen molar-refractivity contribution < 1.29 is 4.80 Å². The molecule has 0 bridgehead atoms. The molecule has 0 amide bonds. The van der Waals surface area contributed by atoms with Crippen molar-refractivity contribution in [2.75, 3.05) is 0 Å². The highest BCUT2D eigenvalue weighted by Gasteiger charge is 1.86. The number of rotatable bonds is 4. The van der Waals surface area contributed by atoms with Crippen LogP contribution in [0.5, 0.6) is 0 Å². The lowest BCUT2D eigenvalue weighted by Gasteiger charge is -1.90. The molecule has 0 radical (unpaired) electrons. The Morgan fingerprint density at radius 3 is 2.67 bits per heavy atom. The van der Waals surface area contributed by atoms with Crippen LogP contribution < -0.4 is 0 Å². The van der Waals surface area contributed by atoms with Crippen molar-refractivity contribution in [2.24, 2.45) is 0 Å². The Morgan fingerprint density at radius 1 is 1.56 bits per heavy atom. The molecule has 1 unspecified atom stereocenters. The Balaban J connectivity index is 3.04. The second-order valence-electron chi connectivity index (χ2n) is 2.31. The first-order chi connectivity index (χ1) is 4.27. The third kappa shape index (κ3) is 7.92. The predicted octanol–water partition coefficient (Wildman–Crippen LogP) is 1.62. The van der Waals surface area contributed by atoms with E-state index in [1.165, 1.54) is 12.8 Å². The van der Waals surface area contributed by atoms with Gasteiger partial charge in [-0.05, 0) is 13.0 Å². The molecule has 0 rings (SSSR count). The Hall–Kier alpha value is -0.0831. The van der Waals surface area contributed by atoms with Gasteiger partial charge in [0.25, 0.3) is 0 Å². The van der Waals surface area contributed by atoms with E-state index in [9.17, 15) is 0 Å². The standard InChI is InChI=1S/C7H16OSi/c1-3-4-5-6-7-9(2)8/h6-9H,3-5H2,1-2H3/b7-6+. The van der Waals surface area contributed by atoms with Crippen molar-refractivity contribution in [1.82, 2.24) is 0 Å². The minimum atomic E-state index is -1.39. The molecule has 0 spiro atoms. The first kappa shape index (κ1) is 8.92. The fraction of sp³-hybridized carbons (Fsp3) is 0.714. The van der Waals surface area contributed by atoms with Gasteiger partial charge in [-0.3, -0.25) is 0 Å². The molecule has 1 nitrogen and oxygen atoms in total. The number of unbranched alkanes of at least 4 members (excludes halogenated alkanes) is 2. The van der Waals surface area contributed by atoms with Crippen LogP contribution in [0.25, 0.3) is 0 Å². The van der Waals surface area contributed by atoms with Crippen molar-refractivity contribution in [3.05, 3.63) is 11.8 Å². The van der Waals surface area contributed by atoms with Gasteiger partial charge in [0, 0.05) is 0 Å². The summed E-state index contributed by atoms with van der Waals surface area (Å²) in [5, 5.41) is 0. The number of hydrogen-bond donors (Lipinski definition) is 1. The van der Waals surface area contributed by atoms with Crippen LogP contribution in [0.4, 0.5) is 0 Å². The molecule has 0 saturated carbocycles. The van der Waals surface area contributed by atoms with Gasteiger partial charge in [-0.2, -0.15) is 0 Å². The van der Waals surface area contributed by atoms with Crippen molar-refractivity contribution in [1.29, 1.82) is 0 Å². The van der Waals surface area contributed by atoms with E-state index in [1.807, 2.05) is 12.2 Å². The Bertz CT molecular complexity index is 79.0. The SMILES string of the molecule is CCCC/C=C/[SiH](C)O. The maximum absolute atomic E-state index is 8.90. The Kier molecular flexibility index (Phi) is 5.99. The summed E-state index contributed by atoms with van der Waals surface area (Å²) in [6.07, 6.45) is 5.72. The van der Waals surface area contributed by atoms with Gasteiger partial charge in [0.2, 0.25) is 0 Å². The highest BCUT2D eigenvalue weighted by Crippen LogP contribution is 1.94. The van der Waals surface area contributed by atoms with Crippen molar-refractivity contribution in [2.45, 2.75) is 32.7 Å². The second kappa shape index (κ2) is 6.04. The molecule has 1 atom stereocenters. The van der Waals surface area contributed by atoms with Gasteiger partial charge in [0.1, 0.15) is 0 Å². The highest BCUT2D eigenvalue weighted by molar-refractivity contribution is 6.54. The van der Waals surface area contributed by atoms with Gasteiger partial charge in [0.15, 0.2) is 9.04 Å². The van der Waals surface area contributed by atoms with E-state index in [0.717, 1.165) is 6.42 Å². The minimum Gasteiger partial charge on any atom is -0.431 e. The fourth-order valence-electron chi connectivity index (χ4n) is 0.615. The van der Waals surface area contributed by atoms with E-state index in [1.54, 1.807) is 0 Å². The fourth-order valence-corrected chi connectivity index (χ4v) is 1.20. The maximum Gasteiger partial charge on any atom is 0.193 e. The van der Waals surface area contributed by atoms with E-state index in [-0.39, 0.29) is 0 Å². The lowest BCUT2D eigenvalue weighted by Crippen LogP contribution is -1.98. The third-order valence-corrected chi connectivity index (χ3v) is 1.97. The third-order valence-electron chi connectivity index (χ3n) is 1.14. The van der Waals surface area contributed by atoms with Crippen LogP contribution in [0.2, 0.25) is 6.55 Å². The van der Waals surface area contributed by atoms with Crippen LogP contribution in [0.1, 0.15) is 26.2 Å². The Labute approximate surface area is 59.1 Å². The van der Waals surface area contributed by atoms with E-state index in [2.05, 4.69) is 13.0 Å². The van der Waals surface area contributed by atoms with Crippen LogP contribution >= 0.6 is 0 Å². The van der Waals surface area contributed by atoms with Gasteiger partial charge in [0.05, 0.1) is 0 Å². The zero-order valence-electron chi connectivity index (χ0n) is 6.30. The average molecular weight is 144 g/mol. The van der Waals surface area contributed by atoms with E-state index >= 15 is 0 Å². The molecule has 9 heavy (non-hydrogen) atoms. The Morgan fingerprint density at radius 2 is 2.22 bits per heavy atom. The normalized spacial score (nSPS) is 14.6. The number of allylic oxidation sites excluding steroid dienone is 1. The summed E-state index contributed by atoms with van der Waals surface area (Å²) in [5.74, 6) is 0. The molecule has 0 fully saturated rings. The van der Waals surface area contributed by atoms with Gasteiger partial charge in [-0.25, -0.2) is 0 Å². The average Bonchev–Trinajstić information content (AvgIpc) is 1.80. The second-order valence-corrected chi connectivity index (χ2v) is 4.18. The zero-order valence-corrected chi connectivity index (χ0v) is 7.46. The van der Waals surface area contributed by atoms with E-state index < -0.39 is 9.04 Å². The molecule has 0 aliphatic rings. The van der Waals surface area contributed by atoms with Crippen LogP contribution in [0.15, 0.2) is 11.8 Å². The topological polar surface area (TPSA) is 20.2 Å². The zero-order chi connectivity index (χ0) is 7.11. The predicted molar refractivity (Wildman–Crippen MR) is 43.9 cm³/mol. The molecular weight excluding hydrogens is 128 g/mol. The summed E-state index contributed by atoms with van der Waals surface area (Å²) in [5.41, 5.74) is 1.97. The quantitative estimate of drug-likeness (QED) is 0.469. The molecule has 0 aromatic heterocycles. The monoisotopic (exact) mass is 144 g/mol. The molecule has 0 aliphatic heterocycles. The first-order valence-corrected chi connectivity index (χ1v) is 5.96. The molecule has 0 aromatic carbocycles. The van der Waals surface area contributed by atoms with Gasteiger partial charge in [-0.15, -0.1) is 0 Å². The molecule has 0 aromatic rings. The number of hydrogen-bond acceptors (Lipinski definition) is 1. The minimum absolute atomic E-state index is 1.13. The first-order valence-electron chi connectivity index (χ1n) is 3.62. The van der Waals surface area contributed by atoms with Crippen LogP contribution in [0.3, 0.4) is 0 Å². The van der Waals surface area contributed by atoms with Crippen LogP contribution in [-0.4, -0.2) is 13.8 Å². The lowest BCUT2D eigenvalue weighted by atomic mass is 10.2. The van der Waals surface area contributed by atoms with Crippen LogP contribution in [-0.2, 0) is 0 Å². The smallest absolute Gasteiger partial charge is 0.193 e. The summed E-state index contributed by atoms with van der Waals surface area (Å²) in [7, 11) is -1.39. The summed E-state index contributed by atoms with van der Waals surface area (Å²) < 4.78 is 0. The van der Waals surface area contributed by atoms with Gasteiger partial charge >= 0.3 is 0 Å². The van der Waals surface area contributed by atoms with Gasteiger partial charge < -0.3 is 4.80 Å². The summed E-state index contributed by atoms with van der Waals surface area (Å²) >= 11 is 0. The summed E-state index contributed by atoms with van der Waals surface area (Å²) in [6, 6.07) is 0. The van der Waals surface area contributed by atoms with Gasteiger partial charge in [-0.1, -0.05) is 31.5 Å². The summed E-state index contributed by atoms with van der Waals surface area (Å²) in [6.45, 7) is 4.08. The van der Waals surface area contributed by atoms with E-state index in [4.69, 9.17) is 4.80 Å². The molecule has 0 aliphatic carbocycles. The molecule has 2 heteroatoms. The molecule has 0 saturated heterocycles.